The van der Waals surface area contributed by atoms with Crippen molar-refractivity contribution in [1.29, 1.82) is 0 Å². The third-order valence-electron chi connectivity index (χ3n) is 6.08. The van der Waals surface area contributed by atoms with E-state index in [1.807, 2.05) is 0 Å². The van der Waals surface area contributed by atoms with Crippen molar-refractivity contribution in [2.45, 2.75) is 44.4 Å². The lowest BCUT2D eigenvalue weighted by Crippen LogP contribution is -2.55. The molecular weight excluding hydrogens is 420 g/mol. The highest BCUT2D eigenvalue weighted by Gasteiger charge is 2.45. The van der Waals surface area contributed by atoms with Gasteiger partial charge in [-0.3, -0.25) is 4.79 Å². The molecule has 170 valence electrons. The first-order valence-electron chi connectivity index (χ1n) is 10.1. The Balaban J connectivity index is 1.91. The molecule has 5 atom stereocenters. The number of aromatic hydroxyl groups is 2. The molecule has 1 aromatic heterocycles. The number of hydrogen-bond acceptors (Lipinski definition) is 9. The van der Waals surface area contributed by atoms with Crippen molar-refractivity contribution in [2.24, 2.45) is 0 Å². The second-order valence-electron chi connectivity index (χ2n) is 7.99. The SMILES string of the molecule is Cc1c(C2O[C@H](CO)[C@@H](O)[C@H](O)[C@H]2O)c(O)c2c(=O)cc(-c3ccc(O)cc3)oc2c1C. The Morgan fingerprint density at radius 1 is 0.938 bits per heavy atom. The summed E-state index contributed by atoms with van der Waals surface area (Å²) in [5.74, 6) is -0.172. The topological polar surface area (TPSA) is 161 Å². The van der Waals surface area contributed by atoms with Crippen molar-refractivity contribution < 1.29 is 39.8 Å². The molecule has 6 N–H and O–H groups in total. The Hall–Kier alpha value is -2.95. The zero-order valence-electron chi connectivity index (χ0n) is 17.4. The number of aliphatic hydroxyl groups is 4. The third kappa shape index (κ3) is 3.44. The van der Waals surface area contributed by atoms with Gasteiger partial charge in [-0.15, -0.1) is 0 Å². The van der Waals surface area contributed by atoms with Crippen LogP contribution >= 0.6 is 0 Å². The second-order valence-corrected chi connectivity index (χ2v) is 7.99. The zero-order chi connectivity index (χ0) is 23.3. The van der Waals surface area contributed by atoms with Gasteiger partial charge < -0.3 is 39.8 Å². The average Bonchev–Trinajstić information content (AvgIpc) is 2.77. The van der Waals surface area contributed by atoms with E-state index >= 15 is 0 Å². The summed E-state index contributed by atoms with van der Waals surface area (Å²) in [5.41, 5.74) is 1.17. The molecule has 0 spiro atoms. The monoisotopic (exact) mass is 444 g/mol. The zero-order valence-corrected chi connectivity index (χ0v) is 17.4. The van der Waals surface area contributed by atoms with Crippen LogP contribution in [0.1, 0.15) is 22.8 Å². The van der Waals surface area contributed by atoms with Crippen LogP contribution in [-0.4, -0.2) is 61.7 Å². The molecule has 9 nitrogen and oxygen atoms in total. The van der Waals surface area contributed by atoms with Gasteiger partial charge in [0, 0.05) is 17.2 Å². The van der Waals surface area contributed by atoms with Gasteiger partial charge in [0.05, 0.1) is 6.61 Å². The first-order valence-corrected chi connectivity index (χ1v) is 10.1. The summed E-state index contributed by atoms with van der Waals surface area (Å²) in [7, 11) is 0. The van der Waals surface area contributed by atoms with Crippen LogP contribution in [0.25, 0.3) is 22.3 Å². The second kappa shape index (κ2) is 8.19. The van der Waals surface area contributed by atoms with Gasteiger partial charge in [-0.05, 0) is 49.2 Å². The molecule has 0 amide bonds. The van der Waals surface area contributed by atoms with Crippen molar-refractivity contribution in [2.75, 3.05) is 6.61 Å². The average molecular weight is 444 g/mol. The van der Waals surface area contributed by atoms with Gasteiger partial charge in [-0.25, -0.2) is 0 Å². The summed E-state index contributed by atoms with van der Waals surface area (Å²) in [6.45, 7) is 2.69. The Labute approximate surface area is 182 Å². The van der Waals surface area contributed by atoms with Gasteiger partial charge >= 0.3 is 0 Å². The van der Waals surface area contributed by atoms with Crippen LogP contribution in [0.15, 0.2) is 39.5 Å². The number of aliphatic hydroxyl groups excluding tert-OH is 4. The number of benzene rings is 2. The predicted molar refractivity (Wildman–Crippen MR) is 113 cm³/mol. The normalized spacial score (nSPS) is 25.9. The molecule has 0 bridgehead atoms. The first kappa shape index (κ1) is 22.3. The van der Waals surface area contributed by atoms with Crippen molar-refractivity contribution in [1.82, 2.24) is 0 Å². The Morgan fingerprint density at radius 2 is 1.59 bits per heavy atom. The summed E-state index contributed by atoms with van der Waals surface area (Å²) in [6.07, 6.45) is -7.26. The maximum absolute atomic E-state index is 13.0. The summed E-state index contributed by atoms with van der Waals surface area (Å²) in [6, 6.07) is 7.29. The number of ether oxygens (including phenoxy) is 1. The van der Waals surface area contributed by atoms with Crippen LogP contribution in [0.4, 0.5) is 0 Å². The Kier molecular flexibility index (Phi) is 5.70. The molecule has 4 rings (SSSR count). The third-order valence-corrected chi connectivity index (χ3v) is 6.08. The molecule has 1 fully saturated rings. The number of hydrogen-bond donors (Lipinski definition) is 6. The minimum absolute atomic E-state index is 0.0609. The van der Waals surface area contributed by atoms with Crippen molar-refractivity contribution >= 4 is 11.0 Å². The maximum Gasteiger partial charge on any atom is 0.197 e. The minimum atomic E-state index is -1.63. The van der Waals surface area contributed by atoms with Crippen LogP contribution in [0.3, 0.4) is 0 Å². The fourth-order valence-electron chi connectivity index (χ4n) is 4.12. The molecule has 1 unspecified atom stereocenters. The van der Waals surface area contributed by atoms with E-state index in [4.69, 9.17) is 9.15 Å². The Morgan fingerprint density at radius 3 is 2.22 bits per heavy atom. The molecule has 9 heteroatoms. The van der Waals surface area contributed by atoms with Gasteiger partial charge in [0.15, 0.2) is 5.43 Å². The van der Waals surface area contributed by atoms with Crippen LogP contribution in [0, 0.1) is 13.8 Å². The quantitative estimate of drug-likeness (QED) is 0.346. The Bertz CT molecular complexity index is 1210. The van der Waals surface area contributed by atoms with E-state index in [1.54, 1.807) is 26.0 Å². The highest BCUT2D eigenvalue weighted by atomic mass is 16.5. The highest BCUT2D eigenvalue weighted by Crippen LogP contribution is 2.43. The van der Waals surface area contributed by atoms with Crippen molar-refractivity contribution in [3.8, 4) is 22.8 Å². The summed E-state index contributed by atoms with van der Waals surface area (Å²) >= 11 is 0. The van der Waals surface area contributed by atoms with Crippen LogP contribution in [0.5, 0.6) is 11.5 Å². The van der Waals surface area contributed by atoms with E-state index in [0.29, 0.717) is 16.7 Å². The molecule has 0 saturated carbocycles. The maximum atomic E-state index is 13.0. The molecule has 1 saturated heterocycles. The van der Waals surface area contributed by atoms with Gasteiger partial charge in [0.1, 0.15) is 58.7 Å². The van der Waals surface area contributed by atoms with E-state index in [-0.39, 0.29) is 28.0 Å². The van der Waals surface area contributed by atoms with Crippen LogP contribution < -0.4 is 5.43 Å². The van der Waals surface area contributed by atoms with E-state index < -0.39 is 48.3 Å². The fraction of sp³-hybridized carbons (Fsp3) is 0.348. The molecule has 1 aliphatic rings. The van der Waals surface area contributed by atoms with Crippen molar-refractivity contribution in [3.63, 3.8) is 0 Å². The number of aryl methyl sites for hydroxylation is 1. The van der Waals surface area contributed by atoms with Crippen LogP contribution in [0.2, 0.25) is 0 Å². The molecule has 3 aromatic rings. The molecule has 1 aliphatic heterocycles. The van der Waals surface area contributed by atoms with E-state index in [2.05, 4.69) is 0 Å². The summed E-state index contributed by atoms with van der Waals surface area (Å²) in [5, 5.41) is 60.6. The smallest absolute Gasteiger partial charge is 0.197 e. The number of rotatable bonds is 3. The molecule has 2 aromatic carbocycles. The molecule has 0 aliphatic carbocycles. The van der Waals surface area contributed by atoms with Gasteiger partial charge in [-0.1, -0.05) is 0 Å². The van der Waals surface area contributed by atoms with E-state index in [9.17, 15) is 35.4 Å². The highest BCUT2D eigenvalue weighted by molar-refractivity contribution is 5.90. The molecular formula is C23H24O9. The minimum Gasteiger partial charge on any atom is -0.508 e. The number of phenolic OH excluding ortho intramolecular Hbond substituents is 2. The first-order chi connectivity index (χ1) is 15.1. The van der Waals surface area contributed by atoms with E-state index in [0.717, 1.165) is 0 Å². The number of fused-ring (bicyclic) bond motifs is 1. The standard InChI is InChI=1S/C23H24O9/c1-9-10(2)22-17(13(26)7-14(31-22)11-3-5-12(25)6-4-11)19(28)16(9)23-21(30)20(29)18(27)15(8-24)32-23/h3-7,15,18,20-21,23-25,27-30H,8H2,1-2H3/t15-,18-,20+,21-,23?/m1/s1. The lowest BCUT2D eigenvalue weighted by Gasteiger charge is -2.41. The number of phenols is 2. The van der Waals surface area contributed by atoms with Gasteiger partial charge in [-0.2, -0.15) is 0 Å². The fourth-order valence-corrected chi connectivity index (χ4v) is 4.12. The van der Waals surface area contributed by atoms with Gasteiger partial charge in [0.2, 0.25) is 0 Å². The lowest BCUT2D eigenvalue weighted by molar-refractivity contribution is -0.232. The molecule has 2 heterocycles. The van der Waals surface area contributed by atoms with Crippen LogP contribution in [-0.2, 0) is 4.74 Å². The summed E-state index contributed by atoms with van der Waals surface area (Å²) < 4.78 is 11.5. The summed E-state index contributed by atoms with van der Waals surface area (Å²) in [4.78, 5) is 13.0. The largest absolute Gasteiger partial charge is 0.508 e. The van der Waals surface area contributed by atoms with Crippen molar-refractivity contribution in [3.05, 3.63) is 57.2 Å². The molecule has 32 heavy (non-hydrogen) atoms. The molecule has 0 radical (unpaired) electrons. The lowest BCUT2D eigenvalue weighted by atomic mass is 9.86. The predicted octanol–water partition coefficient (Wildman–Crippen LogP) is 1.00. The van der Waals surface area contributed by atoms with Gasteiger partial charge in [0.25, 0.3) is 0 Å². The van der Waals surface area contributed by atoms with E-state index in [1.165, 1.54) is 18.2 Å².